The average Bonchev–Trinajstić information content (AvgIpc) is 1.90. The predicted octanol–water partition coefficient (Wildman–Crippen LogP) is 0.868. The minimum atomic E-state index is 0.189. The summed E-state index contributed by atoms with van der Waals surface area (Å²) in [4.78, 5) is 3.59. The maximum atomic E-state index is 8.28. The number of nitriles is 1. The van der Waals surface area contributed by atoms with E-state index in [-0.39, 0.29) is 5.82 Å². The molecule has 0 aliphatic carbocycles. The topological polar surface area (TPSA) is 60.5 Å². The second-order valence-electron chi connectivity index (χ2n) is 1.54. The summed E-state index contributed by atoms with van der Waals surface area (Å²) in [5, 5.41) is 8.28. The first-order chi connectivity index (χ1) is 4.33. The van der Waals surface area contributed by atoms with Crippen molar-refractivity contribution in [1.82, 2.24) is 10.7 Å². The molecule has 0 unspecified atom stereocenters. The molecule has 1 heterocycles. The third-order valence-electron chi connectivity index (χ3n) is 0.893. The number of hydrogen-bond acceptors (Lipinski definition) is 2. The summed E-state index contributed by atoms with van der Waals surface area (Å²) in [6.07, 6.45) is 1.38. The first-order valence-corrected chi connectivity index (χ1v) is 2.40. The summed E-state index contributed by atoms with van der Waals surface area (Å²) in [5.74, 6) is 0.189. The Bertz CT molecular complexity index is 231. The Morgan fingerprint density at radius 3 is 2.78 bits per heavy atom. The van der Waals surface area contributed by atoms with E-state index in [1.807, 2.05) is 6.07 Å². The van der Waals surface area contributed by atoms with E-state index in [9.17, 15) is 0 Å². The van der Waals surface area contributed by atoms with Crippen LogP contribution in [0.4, 0.5) is 5.82 Å². The number of rotatable bonds is 0. The zero-order valence-electron chi connectivity index (χ0n) is 4.63. The van der Waals surface area contributed by atoms with E-state index in [2.05, 4.69) is 4.98 Å². The highest BCUT2D eigenvalue weighted by molar-refractivity contribution is 5.32. The van der Waals surface area contributed by atoms with E-state index in [0.717, 1.165) is 0 Å². The Balaban J connectivity index is 3.06. The van der Waals surface area contributed by atoms with Crippen LogP contribution in [0.1, 0.15) is 5.56 Å². The molecule has 1 rings (SSSR count). The van der Waals surface area contributed by atoms with Crippen molar-refractivity contribution in [3.05, 3.63) is 23.9 Å². The lowest BCUT2D eigenvalue weighted by molar-refractivity contribution is 1.24. The summed E-state index contributed by atoms with van der Waals surface area (Å²) >= 11 is 0. The first-order valence-electron chi connectivity index (χ1n) is 2.40. The van der Waals surface area contributed by atoms with Crippen LogP contribution >= 0.6 is 0 Å². The molecular weight excluding hydrogens is 114 g/mol. The quantitative estimate of drug-likeness (QED) is 0.507. The van der Waals surface area contributed by atoms with E-state index in [4.69, 9.17) is 11.0 Å². The molecule has 0 spiro atoms. The molecule has 1 N–H and O–H groups in total. The van der Waals surface area contributed by atoms with E-state index >= 15 is 0 Å². The van der Waals surface area contributed by atoms with Gasteiger partial charge in [0.05, 0.1) is 5.56 Å². The SMILES string of the molecule is N#Cc1ccc([NH])nc1. The van der Waals surface area contributed by atoms with Crippen LogP contribution in [0.3, 0.4) is 0 Å². The van der Waals surface area contributed by atoms with Gasteiger partial charge >= 0.3 is 0 Å². The molecule has 0 aromatic carbocycles. The van der Waals surface area contributed by atoms with Crippen LogP contribution in [0.15, 0.2) is 18.3 Å². The Morgan fingerprint density at radius 1 is 1.56 bits per heavy atom. The molecule has 3 nitrogen and oxygen atoms in total. The van der Waals surface area contributed by atoms with Crippen molar-refractivity contribution in [3.63, 3.8) is 0 Å². The van der Waals surface area contributed by atoms with Gasteiger partial charge in [0, 0.05) is 6.20 Å². The monoisotopic (exact) mass is 118 g/mol. The van der Waals surface area contributed by atoms with Gasteiger partial charge in [-0.1, -0.05) is 0 Å². The molecule has 43 valence electrons. The molecule has 0 aliphatic rings. The van der Waals surface area contributed by atoms with Crippen LogP contribution < -0.4 is 5.73 Å². The summed E-state index contributed by atoms with van der Waals surface area (Å²) < 4.78 is 0. The molecule has 0 aliphatic heterocycles. The Hall–Kier alpha value is -1.56. The van der Waals surface area contributed by atoms with Crippen LogP contribution in [-0.4, -0.2) is 4.98 Å². The molecule has 0 saturated heterocycles. The second-order valence-corrected chi connectivity index (χ2v) is 1.54. The Kier molecular flexibility index (Phi) is 1.32. The molecule has 0 fully saturated rings. The first kappa shape index (κ1) is 5.57. The predicted molar refractivity (Wildman–Crippen MR) is 31.7 cm³/mol. The van der Waals surface area contributed by atoms with Crippen molar-refractivity contribution >= 4 is 5.82 Å². The van der Waals surface area contributed by atoms with Gasteiger partial charge in [-0.2, -0.15) is 5.26 Å². The number of hydrogen-bond donors (Lipinski definition) is 0. The van der Waals surface area contributed by atoms with Gasteiger partial charge in [-0.05, 0) is 12.1 Å². The number of pyridine rings is 1. The van der Waals surface area contributed by atoms with Crippen molar-refractivity contribution in [2.75, 3.05) is 0 Å². The maximum absolute atomic E-state index is 8.28. The summed E-state index contributed by atoms with van der Waals surface area (Å²) in [6.45, 7) is 0. The van der Waals surface area contributed by atoms with E-state index in [0.29, 0.717) is 5.56 Å². The van der Waals surface area contributed by atoms with Crippen molar-refractivity contribution in [2.24, 2.45) is 0 Å². The smallest absolute Gasteiger partial charge is 0.144 e. The van der Waals surface area contributed by atoms with Crippen molar-refractivity contribution in [2.45, 2.75) is 0 Å². The molecule has 0 atom stereocenters. The molecule has 3 heteroatoms. The molecular formula is C6H4N3. The van der Waals surface area contributed by atoms with Gasteiger partial charge in [0.25, 0.3) is 0 Å². The fraction of sp³-hybridized carbons (Fsp3) is 0. The minimum absolute atomic E-state index is 0.189. The van der Waals surface area contributed by atoms with Crippen molar-refractivity contribution < 1.29 is 0 Å². The molecule has 0 saturated carbocycles. The standard InChI is InChI=1S/C6H4N3/c7-3-5-1-2-6(8)9-4-5/h1-2,4,8H. The highest BCUT2D eigenvalue weighted by Crippen LogP contribution is 1.99. The highest BCUT2D eigenvalue weighted by Gasteiger charge is 1.87. The highest BCUT2D eigenvalue weighted by atomic mass is 14.8. The van der Waals surface area contributed by atoms with Gasteiger partial charge < -0.3 is 0 Å². The third kappa shape index (κ3) is 1.16. The summed E-state index contributed by atoms with van der Waals surface area (Å²) in [7, 11) is 0. The van der Waals surface area contributed by atoms with Gasteiger partial charge in [0.2, 0.25) is 0 Å². The van der Waals surface area contributed by atoms with Crippen molar-refractivity contribution in [1.29, 1.82) is 5.26 Å². The molecule has 0 amide bonds. The Morgan fingerprint density at radius 2 is 2.33 bits per heavy atom. The van der Waals surface area contributed by atoms with Gasteiger partial charge in [-0.15, -0.1) is 0 Å². The summed E-state index contributed by atoms with van der Waals surface area (Å²) in [6, 6.07) is 4.96. The average molecular weight is 118 g/mol. The fourth-order valence-corrected chi connectivity index (χ4v) is 0.460. The third-order valence-corrected chi connectivity index (χ3v) is 0.893. The van der Waals surface area contributed by atoms with Crippen LogP contribution in [-0.2, 0) is 0 Å². The normalized spacial score (nSPS) is 8.33. The minimum Gasteiger partial charge on any atom is -0.283 e. The van der Waals surface area contributed by atoms with E-state index in [1.54, 1.807) is 6.07 Å². The fourth-order valence-electron chi connectivity index (χ4n) is 0.460. The lowest BCUT2D eigenvalue weighted by Gasteiger charge is -1.86. The van der Waals surface area contributed by atoms with Crippen molar-refractivity contribution in [3.8, 4) is 6.07 Å². The van der Waals surface area contributed by atoms with Crippen LogP contribution in [0.25, 0.3) is 0 Å². The lowest BCUT2D eigenvalue weighted by atomic mass is 10.3. The maximum Gasteiger partial charge on any atom is 0.144 e. The van der Waals surface area contributed by atoms with Crippen LogP contribution in [0, 0.1) is 11.3 Å². The molecule has 9 heavy (non-hydrogen) atoms. The van der Waals surface area contributed by atoms with Crippen LogP contribution in [0.5, 0.6) is 0 Å². The van der Waals surface area contributed by atoms with Crippen LogP contribution in [0.2, 0.25) is 0 Å². The molecule has 1 radical (unpaired) electrons. The second kappa shape index (κ2) is 2.14. The number of nitrogens with zero attached hydrogens (tertiary/aromatic N) is 2. The Labute approximate surface area is 52.7 Å². The number of nitrogens with one attached hydrogen (secondary N) is 1. The van der Waals surface area contributed by atoms with Gasteiger partial charge in [0.1, 0.15) is 11.9 Å². The molecule has 1 aromatic rings. The summed E-state index contributed by atoms with van der Waals surface area (Å²) in [5.41, 5.74) is 7.44. The van der Waals surface area contributed by atoms with Gasteiger partial charge in [0.15, 0.2) is 0 Å². The van der Waals surface area contributed by atoms with Gasteiger partial charge in [-0.3, -0.25) is 5.73 Å². The zero-order valence-corrected chi connectivity index (χ0v) is 4.63. The largest absolute Gasteiger partial charge is 0.283 e. The van der Waals surface area contributed by atoms with E-state index in [1.165, 1.54) is 12.3 Å². The van der Waals surface area contributed by atoms with E-state index < -0.39 is 0 Å². The number of aromatic nitrogens is 1. The van der Waals surface area contributed by atoms with Gasteiger partial charge in [-0.25, -0.2) is 4.98 Å². The zero-order chi connectivity index (χ0) is 6.69. The lowest BCUT2D eigenvalue weighted by Crippen LogP contribution is -1.78. The molecule has 0 bridgehead atoms. The molecule has 1 aromatic heterocycles.